The number of hydrogen-bond acceptors (Lipinski definition) is 9. The number of aromatic nitrogens is 3. The minimum atomic E-state index is -3.26. The quantitative estimate of drug-likeness (QED) is 0.493. The molecule has 2 aliphatic carbocycles. The largest absolute Gasteiger partial charge is 0.473 e. The summed E-state index contributed by atoms with van der Waals surface area (Å²) < 4.78 is 31.7. The molecule has 2 saturated carbocycles. The Balaban J connectivity index is 1.38. The Morgan fingerprint density at radius 1 is 1.38 bits per heavy atom. The first-order valence-electron chi connectivity index (χ1n) is 10.7. The lowest BCUT2D eigenvalue weighted by Crippen LogP contribution is -2.34. The number of hydrogen-bond donors (Lipinski definition) is 1. The van der Waals surface area contributed by atoms with Gasteiger partial charge in [-0.2, -0.15) is 10.4 Å². The first kappa shape index (κ1) is 22.5. The van der Waals surface area contributed by atoms with Crippen molar-refractivity contribution in [1.82, 2.24) is 20.1 Å². The molecule has 1 N–H and O–H groups in total. The molecule has 0 unspecified atom stereocenters. The van der Waals surface area contributed by atoms with Gasteiger partial charge >= 0.3 is 0 Å². The highest BCUT2D eigenvalue weighted by Crippen LogP contribution is 2.50. The molecule has 0 atom stereocenters. The second-order valence-electron chi connectivity index (χ2n) is 8.65. The molecule has 0 radical (unpaired) electrons. The van der Waals surface area contributed by atoms with E-state index in [9.17, 15) is 18.0 Å². The number of aryl methyl sites for hydroxylation is 1. The Morgan fingerprint density at radius 2 is 2.15 bits per heavy atom. The Labute approximate surface area is 199 Å². The van der Waals surface area contributed by atoms with Crippen molar-refractivity contribution >= 4 is 38.0 Å². The normalized spacial score (nSPS) is 16.7. The molecule has 0 saturated heterocycles. The summed E-state index contributed by atoms with van der Waals surface area (Å²) in [6, 6.07) is 6.89. The van der Waals surface area contributed by atoms with Crippen molar-refractivity contribution in [3.05, 3.63) is 50.1 Å². The minimum Gasteiger partial charge on any atom is -0.473 e. The fourth-order valence-corrected chi connectivity index (χ4v) is 7.06. The molecule has 10 nitrogen and oxygen atoms in total. The predicted molar refractivity (Wildman–Crippen MR) is 124 cm³/mol. The van der Waals surface area contributed by atoms with Crippen LogP contribution in [0, 0.1) is 11.3 Å². The van der Waals surface area contributed by atoms with E-state index in [1.807, 2.05) is 6.07 Å². The first-order valence-corrected chi connectivity index (χ1v) is 13.1. The van der Waals surface area contributed by atoms with E-state index in [0.29, 0.717) is 41.5 Å². The molecule has 34 heavy (non-hydrogen) atoms. The highest BCUT2D eigenvalue weighted by Gasteiger charge is 2.60. The van der Waals surface area contributed by atoms with E-state index in [0.717, 1.165) is 4.88 Å². The fourth-order valence-electron chi connectivity index (χ4n) is 3.96. The summed E-state index contributed by atoms with van der Waals surface area (Å²) in [4.78, 5) is 27.0. The summed E-state index contributed by atoms with van der Waals surface area (Å²) in [6.45, 7) is 0.147. The lowest BCUT2D eigenvalue weighted by molar-refractivity contribution is 0.0949. The van der Waals surface area contributed by atoms with Gasteiger partial charge in [0.25, 0.3) is 17.3 Å². The van der Waals surface area contributed by atoms with Gasteiger partial charge in [0.05, 0.1) is 18.0 Å². The number of rotatable bonds is 8. The van der Waals surface area contributed by atoms with E-state index < -0.39 is 26.1 Å². The maximum atomic E-state index is 13.0. The van der Waals surface area contributed by atoms with E-state index in [4.69, 9.17) is 10.00 Å². The lowest BCUT2D eigenvalue weighted by Gasteiger charge is -2.17. The highest BCUT2D eigenvalue weighted by molar-refractivity contribution is 7.94. The van der Waals surface area contributed by atoms with Crippen molar-refractivity contribution in [3.63, 3.8) is 0 Å². The van der Waals surface area contributed by atoms with Crippen molar-refractivity contribution in [2.75, 3.05) is 6.61 Å². The van der Waals surface area contributed by atoms with Crippen LogP contribution in [-0.2, 0) is 23.4 Å². The van der Waals surface area contributed by atoms with Gasteiger partial charge < -0.3 is 14.6 Å². The molecule has 0 aromatic carbocycles. The SMILES string of the molecule is Cn1c(=O)c(C(=O)NCc2ccc(C#N)s2)cc2cnnc(OCC3(S(=O)(=O)C4CC4)CC3)c21. The number of nitriles is 1. The van der Waals surface area contributed by atoms with Crippen LogP contribution in [0.3, 0.4) is 0 Å². The van der Waals surface area contributed by atoms with Crippen molar-refractivity contribution in [2.45, 2.75) is 42.2 Å². The number of pyridine rings is 1. The van der Waals surface area contributed by atoms with Crippen LogP contribution in [-0.4, -0.2) is 45.7 Å². The molecular weight excluding hydrogens is 478 g/mol. The third kappa shape index (κ3) is 3.84. The fraction of sp³-hybridized carbons (Fsp3) is 0.409. The summed E-state index contributed by atoms with van der Waals surface area (Å²) in [6.07, 6.45) is 3.92. The number of sulfone groups is 1. The second-order valence-corrected chi connectivity index (χ2v) is 12.4. The summed E-state index contributed by atoms with van der Waals surface area (Å²) in [5.41, 5.74) is -0.271. The number of carbonyl (C=O) groups is 1. The Morgan fingerprint density at radius 3 is 2.79 bits per heavy atom. The third-order valence-electron chi connectivity index (χ3n) is 6.28. The molecule has 5 rings (SSSR count). The number of thiophene rings is 1. The molecule has 12 heteroatoms. The molecule has 2 aliphatic rings. The minimum absolute atomic E-state index is 0.0401. The number of ether oxygens (including phenoxy) is 1. The smallest absolute Gasteiger partial charge is 0.263 e. The zero-order valence-electron chi connectivity index (χ0n) is 18.3. The van der Waals surface area contributed by atoms with Crippen LogP contribution in [0.15, 0.2) is 29.2 Å². The lowest BCUT2D eigenvalue weighted by atomic mass is 10.2. The van der Waals surface area contributed by atoms with Crippen molar-refractivity contribution < 1.29 is 17.9 Å². The average Bonchev–Trinajstić information content (AvgIpc) is 3.76. The zero-order chi connectivity index (χ0) is 24.1. The van der Waals surface area contributed by atoms with E-state index in [1.165, 1.54) is 35.2 Å². The van der Waals surface area contributed by atoms with Crippen LogP contribution in [0.25, 0.3) is 10.9 Å². The molecule has 1 amide bonds. The molecule has 3 heterocycles. The van der Waals surface area contributed by atoms with E-state index >= 15 is 0 Å². The van der Waals surface area contributed by atoms with Crippen molar-refractivity contribution in [3.8, 4) is 11.9 Å². The number of nitrogens with one attached hydrogen (secondary N) is 1. The number of nitrogens with zero attached hydrogens (tertiary/aromatic N) is 4. The average molecular weight is 500 g/mol. The number of fused-ring (bicyclic) bond motifs is 1. The van der Waals surface area contributed by atoms with Gasteiger partial charge in [0.1, 0.15) is 33.4 Å². The zero-order valence-corrected chi connectivity index (χ0v) is 19.9. The maximum absolute atomic E-state index is 13.0. The van der Waals surface area contributed by atoms with Crippen LogP contribution in [0.4, 0.5) is 0 Å². The topological polar surface area (TPSA) is 144 Å². The van der Waals surface area contributed by atoms with Gasteiger partial charge in [-0.15, -0.1) is 16.4 Å². The van der Waals surface area contributed by atoms with Crippen LogP contribution in [0.1, 0.15) is 45.8 Å². The molecule has 176 valence electrons. The third-order valence-corrected chi connectivity index (χ3v) is 10.3. The van der Waals surface area contributed by atoms with Gasteiger partial charge in [-0.1, -0.05) is 0 Å². The van der Waals surface area contributed by atoms with E-state index in [-0.39, 0.29) is 29.8 Å². The summed E-state index contributed by atoms with van der Waals surface area (Å²) in [7, 11) is -1.75. The van der Waals surface area contributed by atoms with E-state index in [1.54, 1.807) is 12.1 Å². The van der Waals surface area contributed by atoms with Gasteiger partial charge in [0, 0.05) is 17.3 Å². The molecule has 0 aliphatic heterocycles. The summed E-state index contributed by atoms with van der Waals surface area (Å²) in [5.74, 6) is -0.495. The predicted octanol–water partition coefficient (Wildman–Crippen LogP) is 1.68. The molecule has 2 fully saturated rings. The van der Waals surface area contributed by atoms with Gasteiger partial charge in [0.15, 0.2) is 9.84 Å². The number of amides is 1. The molecule has 0 bridgehead atoms. The van der Waals surface area contributed by atoms with Crippen LogP contribution >= 0.6 is 11.3 Å². The van der Waals surface area contributed by atoms with Gasteiger partial charge in [-0.05, 0) is 43.9 Å². The van der Waals surface area contributed by atoms with Gasteiger partial charge in [-0.25, -0.2) is 8.42 Å². The Bertz CT molecular complexity index is 1510. The number of carbonyl (C=O) groups excluding carboxylic acids is 1. The van der Waals surface area contributed by atoms with Crippen molar-refractivity contribution in [2.24, 2.45) is 7.05 Å². The molecular formula is C22H21N5O5S2. The first-order chi connectivity index (χ1) is 16.3. The maximum Gasteiger partial charge on any atom is 0.263 e. The summed E-state index contributed by atoms with van der Waals surface area (Å²) >= 11 is 1.26. The van der Waals surface area contributed by atoms with E-state index in [2.05, 4.69) is 15.5 Å². The Kier molecular flexibility index (Phi) is 5.41. The van der Waals surface area contributed by atoms with Crippen molar-refractivity contribution in [1.29, 1.82) is 5.26 Å². The standard InChI is InChI=1S/C22H21N5O5S2/c1-27-18-13(8-17(21(27)29)19(28)24-11-15-3-2-14(9-23)33-15)10-25-26-20(18)32-12-22(6-7-22)34(30,31)16-4-5-16/h2-3,8,10,16H,4-7,11-12H2,1H3,(H,24,28). The highest BCUT2D eigenvalue weighted by atomic mass is 32.2. The van der Waals surface area contributed by atoms with Crippen LogP contribution in [0.5, 0.6) is 5.88 Å². The second kappa shape index (κ2) is 8.18. The van der Waals surface area contributed by atoms with Crippen LogP contribution in [0.2, 0.25) is 0 Å². The molecule has 3 aromatic rings. The monoisotopic (exact) mass is 499 g/mol. The molecule has 0 spiro atoms. The Hall–Kier alpha value is -3.30. The van der Waals surface area contributed by atoms with Gasteiger partial charge in [-0.3, -0.25) is 9.59 Å². The van der Waals surface area contributed by atoms with Gasteiger partial charge in [0.2, 0.25) is 0 Å². The molecule has 3 aromatic heterocycles. The van der Waals surface area contributed by atoms with Crippen LogP contribution < -0.4 is 15.6 Å². The summed E-state index contributed by atoms with van der Waals surface area (Å²) in [5, 5.41) is 19.7.